The average molecular weight is 314 g/mol. The fourth-order valence-corrected chi connectivity index (χ4v) is 2.82. The molecule has 0 aliphatic heterocycles. The Morgan fingerprint density at radius 2 is 2.22 bits per heavy atom. The number of H-pyrrole nitrogens is 1. The zero-order valence-corrected chi connectivity index (χ0v) is 13.7. The van der Waals surface area contributed by atoms with Crippen molar-refractivity contribution in [2.24, 2.45) is 0 Å². The van der Waals surface area contributed by atoms with Crippen molar-refractivity contribution in [3.05, 3.63) is 30.4 Å². The maximum Gasteiger partial charge on any atom is 0.408 e. The van der Waals surface area contributed by atoms with Gasteiger partial charge in [-0.3, -0.25) is 0 Å². The highest BCUT2D eigenvalue weighted by Gasteiger charge is 2.22. The van der Waals surface area contributed by atoms with Gasteiger partial charge in [0.2, 0.25) is 0 Å². The smallest absolute Gasteiger partial charge is 0.408 e. The van der Waals surface area contributed by atoms with E-state index in [1.165, 1.54) is 0 Å². The SMILES string of the molecule is CC(C)(C)OC(=O)NC1C=C(c2ncnc3[nH]ccc23)CCC1. The lowest BCUT2D eigenvalue weighted by molar-refractivity contribution is 0.0511. The Balaban J connectivity index is 1.79. The minimum Gasteiger partial charge on any atom is -0.444 e. The molecule has 2 heterocycles. The Morgan fingerprint density at radius 3 is 3.00 bits per heavy atom. The molecule has 1 unspecified atom stereocenters. The number of fused-ring (bicyclic) bond motifs is 1. The van der Waals surface area contributed by atoms with Crippen LogP contribution in [0.1, 0.15) is 45.7 Å². The van der Waals surface area contributed by atoms with E-state index in [4.69, 9.17) is 4.74 Å². The molecule has 0 spiro atoms. The molecule has 0 saturated carbocycles. The van der Waals surface area contributed by atoms with Crippen LogP contribution in [0, 0.1) is 0 Å². The van der Waals surface area contributed by atoms with E-state index in [1.807, 2.05) is 33.0 Å². The van der Waals surface area contributed by atoms with Gasteiger partial charge in [0.25, 0.3) is 0 Å². The monoisotopic (exact) mass is 314 g/mol. The van der Waals surface area contributed by atoms with Crippen molar-refractivity contribution in [2.75, 3.05) is 0 Å². The van der Waals surface area contributed by atoms with E-state index in [0.717, 1.165) is 41.6 Å². The van der Waals surface area contributed by atoms with E-state index in [9.17, 15) is 4.79 Å². The molecule has 3 rings (SSSR count). The van der Waals surface area contributed by atoms with Crippen LogP contribution in [-0.2, 0) is 4.74 Å². The number of hydrogen-bond acceptors (Lipinski definition) is 4. The lowest BCUT2D eigenvalue weighted by Gasteiger charge is -2.25. The maximum atomic E-state index is 11.9. The number of ether oxygens (including phenoxy) is 1. The molecule has 6 nitrogen and oxygen atoms in total. The van der Waals surface area contributed by atoms with E-state index in [2.05, 4.69) is 26.3 Å². The summed E-state index contributed by atoms with van der Waals surface area (Å²) < 4.78 is 5.33. The second-order valence-corrected chi connectivity index (χ2v) is 6.80. The van der Waals surface area contributed by atoms with Crippen molar-refractivity contribution in [3.8, 4) is 0 Å². The van der Waals surface area contributed by atoms with Gasteiger partial charge in [0.1, 0.15) is 17.6 Å². The summed E-state index contributed by atoms with van der Waals surface area (Å²) in [5, 5.41) is 3.94. The van der Waals surface area contributed by atoms with E-state index >= 15 is 0 Å². The number of amides is 1. The summed E-state index contributed by atoms with van der Waals surface area (Å²) in [5.74, 6) is 0. The number of alkyl carbamates (subject to hydrolysis) is 1. The van der Waals surface area contributed by atoms with Crippen molar-refractivity contribution in [2.45, 2.75) is 51.7 Å². The van der Waals surface area contributed by atoms with Gasteiger partial charge in [-0.05, 0) is 51.7 Å². The van der Waals surface area contributed by atoms with Crippen molar-refractivity contribution in [1.29, 1.82) is 0 Å². The molecule has 0 radical (unpaired) electrons. The predicted molar refractivity (Wildman–Crippen MR) is 88.9 cm³/mol. The fraction of sp³-hybridized carbons (Fsp3) is 0.471. The Bertz CT molecular complexity index is 742. The number of aromatic amines is 1. The third kappa shape index (κ3) is 3.70. The van der Waals surface area contributed by atoms with Gasteiger partial charge in [-0.1, -0.05) is 6.08 Å². The van der Waals surface area contributed by atoms with Crippen molar-refractivity contribution >= 4 is 22.7 Å². The highest BCUT2D eigenvalue weighted by Crippen LogP contribution is 2.29. The van der Waals surface area contributed by atoms with Gasteiger partial charge in [-0.25, -0.2) is 14.8 Å². The summed E-state index contributed by atoms with van der Waals surface area (Å²) in [5.41, 5.74) is 2.42. The quantitative estimate of drug-likeness (QED) is 0.890. The van der Waals surface area contributed by atoms with Crippen molar-refractivity contribution in [3.63, 3.8) is 0 Å². The number of carbonyl (C=O) groups excluding carboxylic acids is 1. The molecular weight excluding hydrogens is 292 g/mol. The van der Waals surface area contributed by atoms with Gasteiger partial charge in [-0.2, -0.15) is 0 Å². The largest absolute Gasteiger partial charge is 0.444 e. The van der Waals surface area contributed by atoms with E-state index in [1.54, 1.807) is 6.33 Å². The van der Waals surface area contributed by atoms with Crippen LogP contribution in [-0.4, -0.2) is 32.7 Å². The molecule has 2 aromatic rings. The molecule has 1 aliphatic carbocycles. The maximum absolute atomic E-state index is 11.9. The zero-order valence-electron chi connectivity index (χ0n) is 13.7. The summed E-state index contributed by atoms with van der Waals surface area (Å²) in [6, 6.07) is 1.95. The van der Waals surface area contributed by atoms with E-state index in [0.29, 0.717) is 0 Å². The normalized spacial score (nSPS) is 18.6. The van der Waals surface area contributed by atoms with Crippen LogP contribution in [0.3, 0.4) is 0 Å². The standard InChI is InChI=1S/C17H22N4O2/c1-17(2,3)23-16(22)21-12-6-4-5-11(9-12)14-13-7-8-18-15(13)20-10-19-14/h7-10,12H,4-6H2,1-3H3,(H,21,22)(H,18,19,20). The second kappa shape index (κ2) is 6.02. The minimum absolute atomic E-state index is 0.0300. The first-order valence-corrected chi connectivity index (χ1v) is 7.91. The van der Waals surface area contributed by atoms with Crippen LogP contribution in [0.25, 0.3) is 16.6 Å². The molecule has 0 saturated heterocycles. The summed E-state index contributed by atoms with van der Waals surface area (Å²) >= 11 is 0. The van der Waals surface area contributed by atoms with Gasteiger partial charge in [-0.15, -0.1) is 0 Å². The fourth-order valence-electron chi connectivity index (χ4n) is 2.82. The average Bonchev–Trinajstić information content (AvgIpc) is 2.93. The van der Waals surface area contributed by atoms with Gasteiger partial charge < -0.3 is 15.0 Å². The Morgan fingerprint density at radius 1 is 1.39 bits per heavy atom. The van der Waals surface area contributed by atoms with Crippen LogP contribution in [0.4, 0.5) is 4.79 Å². The molecule has 1 amide bonds. The van der Waals surface area contributed by atoms with Gasteiger partial charge in [0.05, 0.1) is 11.7 Å². The van der Waals surface area contributed by atoms with Gasteiger partial charge in [0, 0.05) is 11.6 Å². The Labute approximate surface area is 135 Å². The molecule has 2 aromatic heterocycles. The lowest BCUT2D eigenvalue weighted by Crippen LogP contribution is -2.39. The summed E-state index contributed by atoms with van der Waals surface area (Å²) in [7, 11) is 0. The number of aromatic nitrogens is 3. The molecule has 2 N–H and O–H groups in total. The van der Waals surface area contributed by atoms with Gasteiger partial charge >= 0.3 is 6.09 Å². The van der Waals surface area contributed by atoms with Crippen LogP contribution < -0.4 is 5.32 Å². The first-order chi connectivity index (χ1) is 10.9. The third-order valence-electron chi connectivity index (χ3n) is 3.72. The predicted octanol–water partition coefficient (Wildman–Crippen LogP) is 3.42. The molecule has 0 fully saturated rings. The lowest BCUT2D eigenvalue weighted by atomic mass is 9.92. The molecule has 0 aromatic carbocycles. The number of hydrogen-bond donors (Lipinski definition) is 2. The first-order valence-electron chi connectivity index (χ1n) is 7.91. The van der Waals surface area contributed by atoms with Crippen molar-refractivity contribution < 1.29 is 9.53 Å². The second-order valence-electron chi connectivity index (χ2n) is 6.80. The first kappa shape index (κ1) is 15.5. The van der Waals surface area contributed by atoms with E-state index < -0.39 is 5.60 Å². The van der Waals surface area contributed by atoms with Crippen LogP contribution >= 0.6 is 0 Å². The highest BCUT2D eigenvalue weighted by atomic mass is 16.6. The summed E-state index contributed by atoms with van der Waals surface area (Å²) in [6.07, 6.45) is 8.00. The molecule has 6 heteroatoms. The number of nitrogens with one attached hydrogen (secondary N) is 2. The molecule has 0 bridgehead atoms. The van der Waals surface area contributed by atoms with Crippen molar-refractivity contribution in [1.82, 2.24) is 20.3 Å². The topological polar surface area (TPSA) is 79.9 Å². The molecular formula is C17H22N4O2. The van der Waals surface area contributed by atoms with Crippen LogP contribution in [0.2, 0.25) is 0 Å². The minimum atomic E-state index is -0.491. The molecule has 1 aliphatic rings. The molecule has 1 atom stereocenters. The third-order valence-corrected chi connectivity index (χ3v) is 3.72. The number of nitrogens with zero attached hydrogens (tertiary/aromatic N) is 2. The molecule has 122 valence electrons. The van der Waals surface area contributed by atoms with E-state index in [-0.39, 0.29) is 12.1 Å². The Hall–Kier alpha value is -2.37. The van der Waals surface area contributed by atoms with Crippen LogP contribution in [0.5, 0.6) is 0 Å². The highest BCUT2D eigenvalue weighted by molar-refractivity contribution is 5.88. The number of carbonyl (C=O) groups is 1. The summed E-state index contributed by atoms with van der Waals surface area (Å²) in [6.45, 7) is 5.58. The van der Waals surface area contributed by atoms with Crippen LogP contribution in [0.15, 0.2) is 24.7 Å². The molecule has 23 heavy (non-hydrogen) atoms. The number of rotatable bonds is 2. The number of allylic oxidation sites excluding steroid dienone is 1. The zero-order chi connectivity index (χ0) is 16.4. The Kier molecular flexibility index (Phi) is 4.07. The van der Waals surface area contributed by atoms with Gasteiger partial charge in [0.15, 0.2) is 0 Å². The summed E-state index contributed by atoms with van der Waals surface area (Å²) in [4.78, 5) is 23.7.